The second-order valence-corrected chi connectivity index (χ2v) is 5.26. The second-order valence-electron chi connectivity index (χ2n) is 4.41. The summed E-state index contributed by atoms with van der Waals surface area (Å²) in [6.45, 7) is 0.721. The van der Waals surface area contributed by atoms with E-state index in [1.165, 1.54) is 5.56 Å². The quantitative estimate of drug-likeness (QED) is 0.920. The molecular weight excluding hydrogens is 306 g/mol. The molecule has 0 bridgehead atoms. The van der Waals surface area contributed by atoms with E-state index < -0.39 is 0 Å². The minimum absolute atomic E-state index is 0.0440. The van der Waals surface area contributed by atoms with E-state index in [-0.39, 0.29) is 5.91 Å². The molecule has 0 fully saturated rings. The third-order valence-electron chi connectivity index (χ3n) is 2.96. The van der Waals surface area contributed by atoms with Crippen LogP contribution in [0.1, 0.15) is 22.5 Å². The van der Waals surface area contributed by atoms with Gasteiger partial charge in [-0.05, 0) is 34.3 Å². The number of hydrogen-bond acceptors (Lipinski definition) is 2. The van der Waals surface area contributed by atoms with Gasteiger partial charge in [0, 0.05) is 13.6 Å². The first-order valence-electron chi connectivity index (χ1n) is 6.16. The number of aromatic nitrogens is 2. The Hall–Kier alpha value is -1.62. The minimum atomic E-state index is -0.0440. The normalized spacial score (nSPS) is 10.4. The van der Waals surface area contributed by atoms with Gasteiger partial charge in [0.05, 0.1) is 10.7 Å². The summed E-state index contributed by atoms with van der Waals surface area (Å²) in [5.41, 5.74) is 1.80. The number of nitrogens with one attached hydrogen (secondary N) is 1. The molecule has 1 aromatic heterocycles. The van der Waals surface area contributed by atoms with Crippen LogP contribution in [0.5, 0.6) is 0 Å². The lowest BCUT2D eigenvalue weighted by atomic mass is 10.1. The third-order valence-corrected chi connectivity index (χ3v) is 3.56. The van der Waals surface area contributed by atoms with Crippen LogP contribution < -0.4 is 0 Å². The predicted molar refractivity (Wildman–Crippen MR) is 78.0 cm³/mol. The minimum Gasteiger partial charge on any atom is -0.340 e. The van der Waals surface area contributed by atoms with Crippen LogP contribution in [0.2, 0.25) is 0 Å². The Bertz CT molecular complexity index is 539. The van der Waals surface area contributed by atoms with E-state index in [2.05, 4.69) is 38.3 Å². The molecule has 0 unspecified atom stereocenters. The highest BCUT2D eigenvalue weighted by atomic mass is 79.9. The van der Waals surface area contributed by atoms with E-state index in [4.69, 9.17) is 0 Å². The Morgan fingerprint density at radius 3 is 2.74 bits per heavy atom. The number of benzene rings is 1. The molecule has 0 radical (unpaired) electrons. The van der Waals surface area contributed by atoms with Crippen LogP contribution in [0.3, 0.4) is 0 Å². The van der Waals surface area contributed by atoms with Gasteiger partial charge < -0.3 is 4.90 Å². The number of amides is 1. The van der Waals surface area contributed by atoms with Gasteiger partial charge in [-0.2, -0.15) is 5.10 Å². The first kappa shape index (κ1) is 13.8. The molecule has 4 nitrogen and oxygen atoms in total. The lowest BCUT2D eigenvalue weighted by Gasteiger charge is -2.16. The molecule has 0 saturated heterocycles. The fraction of sp³-hybridized carbons (Fsp3) is 0.286. The molecule has 1 aromatic carbocycles. The van der Waals surface area contributed by atoms with Crippen molar-refractivity contribution in [1.82, 2.24) is 15.1 Å². The molecule has 0 saturated carbocycles. The van der Waals surface area contributed by atoms with Crippen molar-refractivity contribution in [3.8, 4) is 0 Å². The third kappa shape index (κ3) is 3.67. The van der Waals surface area contributed by atoms with Crippen LogP contribution in [0.25, 0.3) is 0 Å². The summed E-state index contributed by atoms with van der Waals surface area (Å²) in [7, 11) is 1.81. The Kier molecular flexibility index (Phi) is 4.74. The number of H-pyrrole nitrogens is 1. The second kappa shape index (κ2) is 6.52. The Morgan fingerprint density at radius 2 is 2.11 bits per heavy atom. The molecule has 1 heterocycles. The zero-order chi connectivity index (χ0) is 13.7. The number of nitrogens with zero attached hydrogens (tertiary/aromatic N) is 2. The molecule has 0 aliphatic rings. The average Bonchev–Trinajstić information content (AvgIpc) is 2.85. The van der Waals surface area contributed by atoms with Gasteiger partial charge in [-0.3, -0.25) is 9.89 Å². The van der Waals surface area contributed by atoms with E-state index in [9.17, 15) is 4.79 Å². The van der Waals surface area contributed by atoms with Crippen LogP contribution >= 0.6 is 15.9 Å². The van der Waals surface area contributed by atoms with E-state index in [0.717, 1.165) is 19.4 Å². The lowest BCUT2D eigenvalue weighted by molar-refractivity contribution is 0.0787. The molecule has 0 aliphatic heterocycles. The maximum Gasteiger partial charge on any atom is 0.272 e. The molecule has 0 atom stereocenters. The lowest BCUT2D eigenvalue weighted by Crippen LogP contribution is -2.28. The van der Waals surface area contributed by atoms with Crippen molar-refractivity contribution in [2.75, 3.05) is 13.6 Å². The standard InChI is InChI=1S/C14H16BrN3O/c1-18(14(19)13-12(15)10-16-17-13)9-5-8-11-6-3-2-4-7-11/h2-4,6-7,10H,5,8-9H2,1H3,(H,16,17). The van der Waals surface area contributed by atoms with Gasteiger partial charge >= 0.3 is 0 Å². The maximum absolute atomic E-state index is 12.1. The highest BCUT2D eigenvalue weighted by molar-refractivity contribution is 9.10. The molecule has 1 amide bonds. The number of rotatable bonds is 5. The largest absolute Gasteiger partial charge is 0.340 e. The van der Waals surface area contributed by atoms with Gasteiger partial charge in [0.15, 0.2) is 0 Å². The topological polar surface area (TPSA) is 49.0 Å². The summed E-state index contributed by atoms with van der Waals surface area (Å²) < 4.78 is 0.701. The summed E-state index contributed by atoms with van der Waals surface area (Å²) >= 11 is 3.30. The van der Waals surface area contributed by atoms with Crippen molar-refractivity contribution < 1.29 is 4.79 Å². The van der Waals surface area contributed by atoms with Crippen LogP contribution in [0, 0.1) is 0 Å². The maximum atomic E-state index is 12.1. The van der Waals surface area contributed by atoms with Gasteiger partial charge in [0.2, 0.25) is 0 Å². The zero-order valence-corrected chi connectivity index (χ0v) is 12.4. The zero-order valence-electron chi connectivity index (χ0n) is 10.8. The number of halogens is 1. The molecule has 2 rings (SSSR count). The SMILES string of the molecule is CN(CCCc1ccccc1)C(=O)c1[nH]ncc1Br. The molecule has 0 spiro atoms. The predicted octanol–water partition coefficient (Wildman–Crippen LogP) is 2.88. The van der Waals surface area contributed by atoms with E-state index in [0.29, 0.717) is 10.2 Å². The van der Waals surface area contributed by atoms with Crippen LogP contribution in [0.15, 0.2) is 41.0 Å². The molecule has 5 heteroatoms. The van der Waals surface area contributed by atoms with Gasteiger partial charge in [-0.1, -0.05) is 30.3 Å². The smallest absolute Gasteiger partial charge is 0.272 e. The van der Waals surface area contributed by atoms with Gasteiger partial charge in [0.1, 0.15) is 5.69 Å². The molecule has 2 aromatic rings. The fourth-order valence-electron chi connectivity index (χ4n) is 1.88. The van der Waals surface area contributed by atoms with E-state index in [1.807, 2.05) is 18.2 Å². The Balaban J connectivity index is 1.83. The monoisotopic (exact) mass is 321 g/mol. The van der Waals surface area contributed by atoms with Gasteiger partial charge in [-0.25, -0.2) is 0 Å². The summed E-state index contributed by atoms with van der Waals surface area (Å²) in [5, 5.41) is 6.54. The fourth-order valence-corrected chi connectivity index (χ4v) is 2.24. The Labute approximate surface area is 120 Å². The Morgan fingerprint density at radius 1 is 1.37 bits per heavy atom. The van der Waals surface area contributed by atoms with Crippen molar-refractivity contribution in [3.05, 3.63) is 52.3 Å². The molecule has 0 aliphatic carbocycles. The molecule has 100 valence electrons. The van der Waals surface area contributed by atoms with Crippen molar-refractivity contribution in [2.45, 2.75) is 12.8 Å². The number of hydrogen-bond donors (Lipinski definition) is 1. The highest BCUT2D eigenvalue weighted by Gasteiger charge is 2.16. The summed E-state index contributed by atoms with van der Waals surface area (Å²) in [6.07, 6.45) is 3.51. The number of aryl methyl sites for hydroxylation is 1. The first-order valence-corrected chi connectivity index (χ1v) is 6.96. The van der Waals surface area contributed by atoms with Crippen molar-refractivity contribution >= 4 is 21.8 Å². The van der Waals surface area contributed by atoms with E-state index in [1.54, 1.807) is 18.1 Å². The van der Waals surface area contributed by atoms with Gasteiger partial charge in [-0.15, -0.1) is 0 Å². The van der Waals surface area contributed by atoms with Crippen LogP contribution in [0.4, 0.5) is 0 Å². The number of aromatic amines is 1. The van der Waals surface area contributed by atoms with Gasteiger partial charge in [0.25, 0.3) is 5.91 Å². The van der Waals surface area contributed by atoms with Crippen LogP contribution in [-0.2, 0) is 6.42 Å². The summed E-state index contributed by atoms with van der Waals surface area (Å²) in [4.78, 5) is 13.8. The number of carbonyl (C=O) groups is 1. The van der Waals surface area contributed by atoms with Crippen molar-refractivity contribution in [3.63, 3.8) is 0 Å². The average molecular weight is 322 g/mol. The van der Waals surface area contributed by atoms with Crippen molar-refractivity contribution in [2.24, 2.45) is 0 Å². The molecular formula is C14H16BrN3O. The van der Waals surface area contributed by atoms with Crippen LogP contribution in [-0.4, -0.2) is 34.6 Å². The summed E-state index contributed by atoms with van der Waals surface area (Å²) in [6, 6.07) is 10.3. The molecule has 1 N–H and O–H groups in total. The van der Waals surface area contributed by atoms with Crippen molar-refractivity contribution in [1.29, 1.82) is 0 Å². The number of carbonyl (C=O) groups excluding carboxylic acids is 1. The molecule has 19 heavy (non-hydrogen) atoms. The first-order chi connectivity index (χ1) is 9.18. The summed E-state index contributed by atoms with van der Waals surface area (Å²) in [5.74, 6) is -0.0440. The van der Waals surface area contributed by atoms with E-state index >= 15 is 0 Å². The highest BCUT2D eigenvalue weighted by Crippen LogP contribution is 2.14.